The first-order valence-electron chi connectivity index (χ1n) is 8.04. The first-order chi connectivity index (χ1) is 10.3. The molecule has 1 N–H and O–H groups in total. The van der Waals surface area contributed by atoms with E-state index in [2.05, 4.69) is 10.3 Å². The van der Waals surface area contributed by atoms with Gasteiger partial charge < -0.3 is 14.8 Å². The minimum Gasteiger partial charge on any atom is -0.381 e. The van der Waals surface area contributed by atoms with Crippen molar-refractivity contribution in [2.45, 2.75) is 50.7 Å². The van der Waals surface area contributed by atoms with E-state index >= 15 is 0 Å². The van der Waals surface area contributed by atoms with Crippen LogP contribution in [0.3, 0.4) is 0 Å². The zero-order valence-electron chi connectivity index (χ0n) is 13.0. The molecule has 0 radical (unpaired) electrons. The normalized spacial score (nSPS) is 24.6. The van der Waals surface area contributed by atoms with Crippen molar-refractivity contribution >= 4 is 0 Å². The molecule has 116 valence electrons. The average molecular weight is 291 g/mol. The van der Waals surface area contributed by atoms with Gasteiger partial charge in [-0.1, -0.05) is 0 Å². The lowest BCUT2D eigenvalue weighted by Crippen LogP contribution is -2.39. The van der Waals surface area contributed by atoms with E-state index < -0.39 is 0 Å². The van der Waals surface area contributed by atoms with Crippen LogP contribution in [0.2, 0.25) is 0 Å². The van der Waals surface area contributed by atoms with E-state index in [1.54, 1.807) is 0 Å². The lowest BCUT2D eigenvalue weighted by molar-refractivity contribution is -0.118. The maximum atomic E-state index is 6.08. The second kappa shape index (κ2) is 6.38. The predicted octanol–water partition coefficient (Wildman–Crippen LogP) is 2.12. The topological polar surface area (TPSA) is 56.3 Å². The Kier molecular flexibility index (Phi) is 4.52. The van der Waals surface area contributed by atoms with Crippen LogP contribution in [0.25, 0.3) is 0 Å². The van der Waals surface area contributed by atoms with Crippen LogP contribution >= 0.6 is 0 Å². The van der Waals surface area contributed by atoms with Gasteiger partial charge in [0, 0.05) is 56.2 Å². The smallest absolute Gasteiger partial charge is 0.160 e. The largest absolute Gasteiger partial charge is 0.381 e. The number of hydrogen-bond donors (Lipinski definition) is 1. The van der Waals surface area contributed by atoms with Crippen molar-refractivity contribution in [3.8, 4) is 0 Å². The fourth-order valence-electron chi connectivity index (χ4n) is 3.48. The number of fused-ring (bicyclic) bond motifs is 1. The third-order valence-corrected chi connectivity index (χ3v) is 4.66. The number of nitrogens with one attached hydrogen (secondary N) is 1. The Labute approximate surface area is 126 Å². The molecule has 1 aromatic heterocycles. The highest BCUT2D eigenvalue weighted by Crippen LogP contribution is 2.36. The molecule has 1 unspecified atom stereocenters. The van der Waals surface area contributed by atoms with Crippen molar-refractivity contribution in [3.63, 3.8) is 0 Å². The van der Waals surface area contributed by atoms with Gasteiger partial charge in [0.1, 0.15) is 5.60 Å². The Bertz CT molecular complexity index is 481. The van der Waals surface area contributed by atoms with Crippen molar-refractivity contribution in [2.75, 3.05) is 26.9 Å². The van der Waals surface area contributed by atoms with Crippen molar-refractivity contribution in [2.24, 2.45) is 0 Å². The molecular formula is C16H25N3O2. The van der Waals surface area contributed by atoms with Crippen LogP contribution in [-0.2, 0) is 21.5 Å². The zero-order valence-corrected chi connectivity index (χ0v) is 13.0. The Morgan fingerprint density at radius 1 is 1.43 bits per heavy atom. The predicted molar refractivity (Wildman–Crippen MR) is 80.1 cm³/mol. The van der Waals surface area contributed by atoms with E-state index in [0.29, 0.717) is 12.6 Å². The third kappa shape index (κ3) is 2.82. The molecule has 1 aromatic rings. The molecule has 0 aromatic carbocycles. The van der Waals surface area contributed by atoms with E-state index in [-0.39, 0.29) is 5.60 Å². The molecule has 0 bridgehead atoms. The molecule has 0 saturated carbocycles. The zero-order chi connectivity index (χ0) is 14.7. The lowest BCUT2D eigenvalue weighted by atomic mass is 9.90. The van der Waals surface area contributed by atoms with Crippen molar-refractivity contribution < 1.29 is 9.47 Å². The van der Waals surface area contributed by atoms with Crippen molar-refractivity contribution in [1.82, 2.24) is 15.3 Å². The summed E-state index contributed by atoms with van der Waals surface area (Å²) in [4.78, 5) is 9.57. The summed E-state index contributed by atoms with van der Waals surface area (Å²) >= 11 is 0. The van der Waals surface area contributed by atoms with Gasteiger partial charge in [0.05, 0.1) is 0 Å². The van der Waals surface area contributed by atoms with Crippen LogP contribution in [0.5, 0.6) is 0 Å². The van der Waals surface area contributed by atoms with Gasteiger partial charge in [-0.2, -0.15) is 0 Å². The second-order valence-corrected chi connectivity index (χ2v) is 5.87. The molecule has 1 saturated heterocycles. The molecule has 5 heteroatoms. The molecule has 0 spiro atoms. The Hall–Kier alpha value is -1.04. The van der Waals surface area contributed by atoms with Gasteiger partial charge in [-0.25, -0.2) is 9.97 Å². The first kappa shape index (κ1) is 14.9. The van der Waals surface area contributed by atoms with Gasteiger partial charge in [0.2, 0.25) is 0 Å². The minimum atomic E-state index is -0.353. The number of hydrogen-bond acceptors (Lipinski definition) is 5. The SMILES string of the molecule is CCOC1(c2ncc3c(n2)CCCC3NC)CCOCC1. The monoisotopic (exact) mass is 291 g/mol. The molecule has 3 rings (SSSR count). The molecule has 1 fully saturated rings. The van der Waals surface area contributed by atoms with Gasteiger partial charge in [0.25, 0.3) is 0 Å². The van der Waals surface area contributed by atoms with Gasteiger partial charge in [-0.3, -0.25) is 0 Å². The van der Waals surface area contributed by atoms with Crippen LogP contribution in [0.4, 0.5) is 0 Å². The highest BCUT2D eigenvalue weighted by Gasteiger charge is 2.38. The van der Waals surface area contributed by atoms with Gasteiger partial charge in [0.15, 0.2) is 5.82 Å². The number of aromatic nitrogens is 2. The lowest BCUT2D eigenvalue weighted by Gasteiger charge is -2.36. The van der Waals surface area contributed by atoms with E-state index in [4.69, 9.17) is 14.5 Å². The van der Waals surface area contributed by atoms with E-state index in [0.717, 1.165) is 44.7 Å². The van der Waals surface area contributed by atoms with E-state index in [1.165, 1.54) is 17.7 Å². The summed E-state index contributed by atoms with van der Waals surface area (Å²) in [7, 11) is 2.01. The number of ether oxygens (including phenoxy) is 2. The highest BCUT2D eigenvalue weighted by molar-refractivity contribution is 5.26. The van der Waals surface area contributed by atoms with Gasteiger partial charge >= 0.3 is 0 Å². The summed E-state index contributed by atoms with van der Waals surface area (Å²) in [5.74, 6) is 0.850. The first-order valence-corrected chi connectivity index (χ1v) is 8.04. The maximum Gasteiger partial charge on any atom is 0.160 e. The number of rotatable bonds is 4. The highest BCUT2D eigenvalue weighted by atomic mass is 16.5. The Morgan fingerprint density at radius 2 is 2.24 bits per heavy atom. The summed E-state index contributed by atoms with van der Waals surface area (Å²) in [6, 6.07) is 0.389. The number of aryl methyl sites for hydroxylation is 1. The summed E-state index contributed by atoms with van der Waals surface area (Å²) in [6.45, 7) is 4.16. The third-order valence-electron chi connectivity index (χ3n) is 4.66. The molecule has 21 heavy (non-hydrogen) atoms. The Balaban J connectivity index is 1.94. The molecule has 1 atom stereocenters. The summed E-state index contributed by atoms with van der Waals surface area (Å²) in [6.07, 6.45) is 7.08. The molecule has 5 nitrogen and oxygen atoms in total. The molecule has 2 heterocycles. The van der Waals surface area contributed by atoms with E-state index in [1.807, 2.05) is 20.2 Å². The van der Waals surface area contributed by atoms with Crippen LogP contribution < -0.4 is 5.32 Å². The van der Waals surface area contributed by atoms with Crippen LogP contribution in [0, 0.1) is 0 Å². The molecule has 1 aliphatic carbocycles. The van der Waals surface area contributed by atoms with Crippen LogP contribution in [0.1, 0.15) is 55.7 Å². The van der Waals surface area contributed by atoms with Crippen molar-refractivity contribution in [3.05, 3.63) is 23.3 Å². The van der Waals surface area contributed by atoms with Crippen molar-refractivity contribution in [1.29, 1.82) is 0 Å². The summed E-state index contributed by atoms with van der Waals surface area (Å²) in [5, 5.41) is 3.36. The fourth-order valence-corrected chi connectivity index (χ4v) is 3.48. The summed E-state index contributed by atoms with van der Waals surface area (Å²) in [5.41, 5.74) is 2.09. The molecular weight excluding hydrogens is 266 g/mol. The molecule has 1 aliphatic heterocycles. The molecule has 2 aliphatic rings. The van der Waals surface area contributed by atoms with Crippen LogP contribution in [-0.4, -0.2) is 36.8 Å². The van der Waals surface area contributed by atoms with Gasteiger partial charge in [-0.05, 0) is 33.2 Å². The molecule has 0 amide bonds. The van der Waals surface area contributed by atoms with E-state index in [9.17, 15) is 0 Å². The second-order valence-electron chi connectivity index (χ2n) is 5.87. The van der Waals surface area contributed by atoms with Crippen LogP contribution in [0.15, 0.2) is 6.20 Å². The number of nitrogens with zero attached hydrogens (tertiary/aromatic N) is 2. The minimum absolute atomic E-state index is 0.353. The summed E-state index contributed by atoms with van der Waals surface area (Å²) < 4.78 is 11.6. The quantitative estimate of drug-likeness (QED) is 0.921. The average Bonchev–Trinajstić information content (AvgIpc) is 2.55. The standard InChI is InChI=1S/C16H25N3O2/c1-3-21-16(7-9-20-10-8-16)15-18-11-12-13(17-2)5-4-6-14(12)19-15/h11,13,17H,3-10H2,1-2H3. The fraction of sp³-hybridized carbons (Fsp3) is 0.750. The van der Waals surface area contributed by atoms with Gasteiger partial charge in [-0.15, -0.1) is 0 Å². The maximum absolute atomic E-state index is 6.08. The Morgan fingerprint density at radius 3 is 2.95 bits per heavy atom.